The number of nitrogens with zero attached hydrogens (tertiary/aromatic N) is 1. The van der Waals surface area contributed by atoms with Gasteiger partial charge in [-0.25, -0.2) is 10.1 Å². The minimum Gasteiger partial charge on any atom is -0.404 e. The van der Waals surface area contributed by atoms with Gasteiger partial charge in [-0.1, -0.05) is 54.6 Å². The monoisotopic (exact) mass is 494 g/mol. The lowest BCUT2D eigenvalue weighted by atomic mass is 9.81. The van der Waals surface area contributed by atoms with Crippen molar-refractivity contribution in [3.8, 4) is 11.1 Å². The zero-order valence-electron chi connectivity index (χ0n) is 19.0. The van der Waals surface area contributed by atoms with Crippen molar-refractivity contribution in [2.24, 2.45) is 5.73 Å². The predicted octanol–water partition coefficient (Wildman–Crippen LogP) is 3.82. The highest BCUT2D eigenvalue weighted by Crippen LogP contribution is 2.41. The van der Waals surface area contributed by atoms with Gasteiger partial charge in [0.25, 0.3) is 5.91 Å². The van der Waals surface area contributed by atoms with Crippen LogP contribution in [0.3, 0.4) is 0 Å². The number of fused-ring (bicyclic) bond motifs is 1. The van der Waals surface area contributed by atoms with Crippen molar-refractivity contribution in [2.75, 3.05) is 7.05 Å². The third-order valence-electron chi connectivity index (χ3n) is 6.36. The van der Waals surface area contributed by atoms with E-state index in [9.17, 15) is 22.8 Å². The summed E-state index contributed by atoms with van der Waals surface area (Å²) in [6, 6.07) is 23.2. The Labute approximate surface area is 203 Å². The molecule has 1 amide bonds. The van der Waals surface area contributed by atoms with Crippen LogP contribution in [-0.4, -0.2) is 41.0 Å². The maximum Gasteiger partial charge on any atom is 0.491 e. The smallest absolute Gasteiger partial charge is 0.404 e. The molecule has 4 N–H and O–H groups in total. The van der Waals surface area contributed by atoms with Gasteiger partial charge in [0.15, 0.2) is 5.54 Å². The summed E-state index contributed by atoms with van der Waals surface area (Å²) in [6.07, 6.45) is -3.47. The molecule has 1 aliphatic rings. The van der Waals surface area contributed by atoms with E-state index in [0.29, 0.717) is 11.1 Å². The summed E-state index contributed by atoms with van der Waals surface area (Å²) in [5, 5.41) is 3.72. The van der Waals surface area contributed by atoms with E-state index in [1.54, 1.807) is 48.5 Å². The fourth-order valence-corrected chi connectivity index (χ4v) is 4.51. The number of halogens is 3. The third kappa shape index (κ3) is 3.71. The van der Waals surface area contributed by atoms with Crippen molar-refractivity contribution >= 4 is 22.8 Å². The molecule has 1 saturated heterocycles. The number of amides is 1. The number of hydrogen-bond donors (Lipinski definition) is 3. The molecule has 7 nitrogen and oxygen atoms in total. The molecule has 0 aliphatic carbocycles. The zero-order valence-corrected chi connectivity index (χ0v) is 19.0. The Kier molecular flexibility index (Phi) is 5.38. The SMILES string of the molecule is CN1C(=O)C(c2ccccc2)(c2cccc(-c3ccc4[nH]ccc4c3)c2)NC1(N)OC(=O)C(F)(F)F. The summed E-state index contributed by atoms with van der Waals surface area (Å²) < 4.78 is 43.6. The highest BCUT2D eigenvalue weighted by molar-refractivity contribution is 5.95. The molecule has 4 aromatic rings. The van der Waals surface area contributed by atoms with Crippen LogP contribution in [-0.2, 0) is 19.9 Å². The number of benzene rings is 3. The molecule has 5 rings (SSSR count). The number of carbonyl (C=O) groups excluding carboxylic acids is 2. The van der Waals surface area contributed by atoms with Gasteiger partial charge in [-0.3, -0.25) is 15.4 Å². The van der Waals surface area contributed by atoms with Gasteiger partial charge in [0, 0.05) is 18.8 Å². The number of aromatic amines is 1. The Morgan fingerprint density at radius 3 is 2.36 bits per heavy atom. The van der Waals surface area contributed by atoms with Crippen molar-refractivity contribution in [3.63, 3.8) is 0 Å². The lowest BCUT2D eigenvalue weighted by molar-refractivity contribution is -0.228. The van der Waals surface area contributed by atoms with Gasteiger partial charge >= 0.3 is 18.1 Å². The molecule has 1 aromatic heterocycles. The Morgan fingerprint density at radius 1 is 0.944 bits per heavy atom. The van der Waals surface area contributed by atoms with Crippen LogP contribution in [0.25, 0.3) is 22.0 Å². The van der Waals surface area contributed by atoms with Gasteiger partial charge in [0.05, 0.1) is 0 Å². The van der Waals surface area contributed by atoms with Gasteiger partial charge in [-0.2, -0.15) is 13.2 Å². The van der Waals surface area contributed by atoms with E-state index < -0.39 is 29.6 Å². The molecule has 1 fully saturated rings. The van der Waals surface area contributed by atoms with Crippen LogP contribution in [0.15, 0.2) is 85.1 Å². The lowest BCUT2D eigenvalue weighted by Gasteiger charge is -2.32. The van der Waals surface area contributed by atoms with Gasteiger partial charge in [0.2, 0.25) is 0 Å². The molecule has 0 bridgehead atoms. The maximum atomic E-state index is 13.8. The fraction of sp³-hybridized carbons (Fsp3) is 0.154. The first-order valence-electron chi connectivity index (χ1n) is 10.9. The number of ether oxygens (including phenoxy) is 1. The van der Waals surface area contributed by atoms with E-state index in [0.717, 1.165) is 26.9 Å². The summed E-state index contributed by atoms with van der Waals surface area (Å²) in [5.41, 5.74) is 7.78. The molecule has 2 unspecified atom stereocenters. The first-order chi connectivity index (χ1) is 17.0. The maximum absolute atomic E-state index is 13.8. The highest BCUT2D eigenvalue weighted by atomic mass is 19.4. The molecule has 36 heavy (non-hydrogen) atoms. The normalized spacial score (nSPS) is 22.2. The number of alkyl halides is 3. The summed E-state index contributed by atoms with van der Waals surface area (Å²) in [4.78, 5) is 29.3. The number of carbonyl (C=O) groups is 2. The quantitative estimate of drug-likeness (QED) is 0.296. The van der Waals surface area contributed by atoms with Gasteiger partial charge in [-0.05, 0) is 51.9 Å². The number of nitrogens with two attached hydrogens (primary N) is 1. The number of esters is 1. The number of hydrogen-bond acceptors (Lipinski definition) is 5. The molecular weight excluding hydrogens is 473 g/mol. The molecular formula is C26H21F3N4O3. The molecule has 10 heteroatoms. The third-order valence-corrected chi connectivity index (χ3v) is 6.36. The number of rotatable bonds is 4. The average molecular weight is 494 g/mol. The highest BCUT2D eigenvalue weighted by Gasteiger charge is 2.62. The average Bonchev–Trinajstić information content (AvgIpc) is 3.41. The first-order valence-corrected chi connectivity index (χ1v) is 10.9. The molecule has 3 aromatic carbocycles. The van der Waals surface area contributed by atoms with E-state index in [1.165, 1.54) is 7.05 Å². The molecule has 2 heterocycles. The fourth-order valence-electron chi connectivity index (χ4n) is 4.51. The molecule has 0 spiro atoms. The standard InChI is InChI=1S/C26H21F3N4O3/c1-33-22(34)24(19-7-3-2-4-8-19,32-26(33,30)36-23(35)25(27,28)29)20-9-5-6-16(15-20)17-10-11-21-18(14-17)12-13-31-21/h2-15,31-32H,30H2,1H3. The lowest BCUT2D eigenvalue weighted by Crippen LogP contribution is -2.64. The zero-order chi connectivity index (χ0) is 25.7. The second-order valence-electron chi connectivity index (χ2n) is 8.55. The molecule has 184 valence electrons. The van der Waals surface area contributed by atoms with Crippen LogP contribution in [0.1, 0.15) is 11.1 Å². The van der Waals surface area contributed by atoms with Crippen LogP contribution in [0.5, 0.6) is 0 Å². The molecule has 0 radical (unpaired) electrons. The minimum absolute atomic E-state index is 0.410. The van der Waals surface area contributed by atoms with Crippen molar-refractivity contribution < 1.29 is 27.5 Å². The number of aromatic nitrogens is 1. The van der Waals surface area contributed by atoms with Crippen molar-refractivity contribution in [1.29, 1.82) is 0 Å². The largest absolute Gasteiger partial charge is 0.491 e. The van der Waals surface area contributed by atoms with Gasteiger partial charge in [0.1, 0.15) is 0 Å². The van der Waals surface area contributed by atoms with Crippen molar-refractivity contribution in [2.45, 2.75) is 17.7 Å². The Bertz CT molecular complexity index is 1470. The molecule has 0 saturated carbocycles. The van der Waals surface area contributed by atoms with Crippen LogP contribution >= 0.6 is 0 Å². The minimum atomic E-state index is -5.30. The van der Waals surface area contributed by atoms with E-state index >= 15 is 0 Å². The van der Waals surface area contributed by atoms with Crippen molar-refractivity contribution in [1.82, 2.24) is 15.2 Å². The van der Waals surface area contributed by atoms with E-state index in [1.807, 2.05) is 36.5 Å². The topological polar surface area (TPSA) is 100 Å². The summed E-state index contributed by atoms with van der Waals surface area (Å²) >= 11 is 0. The Hall–Kier alpha value is -4.15. The number of H-pyrrole nitrogens is 1. The van der Waals surface area contributed by atoms with Crippen molar-refractivity contribution in [3.05, 3.63) is 96.2 Å². The van der Waals surface area contributed by atoms with Crippen LogP contribution < -0.4 is 11.1 Å². The summed E-state index contributed by atoms with van der Waals surface area (Å²) in [6.45, 7) is 0. The Balaban J connectivity index is 1.65. The van der Waals surface area contributed by atoms with Crippen LogP contribution in [0, 0.1) is 0 Å². The van der Waals surface area contributed by atoms with E-state index in [4.69, 9.17) is 5.73 Å². The van der Waals surface area contributed by atoms with Gasteiger partial charge < -0.3 is 9.72 Å². The second kappa shape index (κ2) is 8.21. The molecule has 1 aliphatic heterocycles. The van der Waals surface area contributed by atoms with Gasteiger partial charge in [-0.15, -0.1) is 0 Å². The van der Waals surface area contributed by atoms with Crippen LogP contribution in [0.4, 0.5) is 13.2 Å². The second-order valence-corrected chi connectivity index (χ2v) is 8.55. The number of likely N-dealkylation sites (N-methyl/N-ethyl adjacent to an activating group) is 1. The summed E-state index contributed by atoms with van der Waals surface area (Å²) in [7, 11) is 1.17. The first kappa shape index (κ1) is 23.6. The summed E-state index contributed by atoms with van der Waals surface area (Å²) in [5.74, 6) is -5.77. The Morgan fingerprint density at radius 2 is 1.64 bits per heavy atom. The van der Waals surface area contributed by atoms with Crippen LogP contribution in [0.2, 0.25) is 0 Å². The van der Waals surface area contributed by atoms with E-state index in [-0.39, 0.29) is 0 Å². The molecule has 2 atom stereocenters. The number of nitrogens with one attached hydrogen (secondary N) is 2. The predicted molar refractivity (Wildman–Crippen MR) is 126 cm³/mol. The van der Waals surface area contributed by atoms with E-state index in [2.05, 4.69) is 15.0 Å².